The molecule has 1 saturated heterocycles. The predicted octanol–water partition coefficient (Wildman–Crippen LogP) is 3.76. The second kappa shape index (κ2) is 8.71. The molecule has 3 aliphatic heterocycles. The number of thiocarbonyl (C=S) groups is 1. The summed E-state index contributed by atoms with van der Waals surface area (Å²) < 4.78 is 21.8. The average Bonchev–Trinajstić information content (AvgIpc) is 3.49. The van der Waals surface area contributed by atoms with Crippen molar-refractivity contribution in [1.29, 1.82) is 0 Å². The van der Waals surface area contributed by atoms with Gasteiger partial charge in [0.15, 0.2) is 23.0 Å². The topological polar surface area (TPSA) is 86.3 Å². The number of fused-ring (bicyclic) bond motifs is 2. The first-order valence-electron chi connectivity index (χ1n) is 9.91. The second-order valence-corrected chi connectivity index (χ2v) is 8.84. The molecule has 3 heterocycles. The molecule has 164 valence electrons. The Labute approximate surface area is 193 Å². The molecule has 10 heteroatoms. The maximum atomic E-state index is 12.8. The van der Waals surface area contributed by atoms with Gasteiger partial charge in [0.2, 0.25) is 19.5 Å². The zero-order chi connectivity index (χ0) is 22.1. The van der Waals surface area contributed by atoms with Gasteiger partial charge in [-0.15, -0.1) is 0 Å². The summed E-state index contributed by atoms with van der Waals surface area (Å²) >= 11 is 6.63. The minimum absolute atomic E-state index is 0.148. The molecule has 2 aromatic rings. The van der Waals surface area contributed by atoms with E-state index in [2.05, 4.69) is 5.32 Å². The molecule has 2 aromatic carbocycles. The number of carbonyl (C=O) groups excluding carboxylic acids is 2. The Hall–Kier alpha value is -3.24. The Balaban J connectivity index is 1.15. The molecule has 0 bridgehead atoms. The van der Waals surface area contributed by atoms with E-state index in [0.29, 0.717) is 50.9 Å². The van der Waals surface area contributed by atoms with Gasteiger partial charge in [-0.25, -0.2) is 0 Å². The minimum atomic E-state index is -0.158. The summed E-state index contributed by atoms with van der Waals surface area (Å²) in [6.07, 6.45) is 2.53. The van der Waals surface area contributed by atoms with Crippen molar-refractivity contribution in [3.8, 4) is 23.0 Å². The fourth-order valence-corrected chi connectivity index (χ4v) is 4.75. The standard InChI is InChI=1S/C22H18N2O6S2/c25-20(23-14-4-6-16-18(10-14)30-12-28-16)2-1-7-24-21(26)19(32-22(24)31)9-13-3-5-15-17(8-13)29-11-27-15/h3-6,8-10H,1-2,7,11-12H2,(H,23,25). The third-order valence-corrected chi connectivity index (χ3v) is 6.39. The molecule has 0 radical (unpaired) electrons. The molecule has 0 aliphatic carbocycles. The molecular formula is C22H18N2O6S2. The van der Waals surface area contributed by atoms with E-state index in [0.717, 1.165) is 5.56 Å². The van der Waals surface area contributed by atoms with E-state index < -0.39 is 0 Å². The van der Waals surface area contributed by atoms with Crippen LogP contribution in [-0.2, 0) is 9.59 Å². The summed E-state index contributed by atoms with van der Waals surface area (Å²) in [7, 11) is 0. The van der Waals surface area contributed by atoms with Crippen molar-refractivity contribution in [2.24, 2.45) is 0 Å². The number of rotatable bonds is 6. The Kier molecular flexibility index (Phi) is 5.62. The van der Waals surface area contributed by atoms with Crippen molar-refractivity contribution in [2.75, 3.05) is 25.4 Å². The third-order valence-electron chi connectivity index (χ3n) is 5.01. The molecule has 5 rings (SSSR count). The van der Waals surface area contributed by atoms with Crippen LogP contribution in [0.15, 0.2) is 41.3 Å². The van der Waals surface area contributed by atoms with Crippen LogP contribution < -0.4 is 24.3 Å². The smallest absolute Gasteiger partial charge is 0.266 e. The van der Waals surface area contributed by atoms with Crippen LogP contribution in [0.4, 0.5) is 5.69 Å². The van der Waals surface area contributed by atoms with Crippen molar-refractivity contribution in [2.45, 2.75) is 12.8 Å². The molecule has 0 saturated carbocycles. The maximum Gasteiger partial charge on any atom is 0.266 e. The SMILES string of the molecule is O=C(CCCN1C(=O)C(=Cc2ccc3c(c2)OCO3)SC1=S)Nc1ccc2c(c1)OCO2. The summed E-state index contributed by atoms with van der Waals surface area (Å²) in [5.74, 6) is 2.30. The fraction of sp³-hybridized carbons (Fsp3) is 0.227. The summed E-state index contributed by atoms with van der Waals surface area (Å²) in [6, 6.07) is 10.7. The van der Waals surface area contributed by atoms with Crippen LogP contribution in [0.2, 0.25) is 0 Å². The number of carbonyl (C=O) groups is 2. The number of nitrogens with zero attached hydrogens (tertiary/aromatic N) is 1. The Morgan fingerprint density at radius 1 is 1.03 bits per heavy atom. The normalized spacial score (nSPS) is 17.4. The quantitative estimate of drug-likeness (QED) is 0.505. The minimum Gasteiger partial charge on any atom is -0.454 e. The van der Waals surface area contributed by atoms with Crippen molar-refractivity contribution in [3.63, 3.8) is 0 Å². The molecule has 1 N–H and O–H groups in total. The summed E-state index contributed by atoms with van der Waals surface area (Å²) in [4.78, 5) is 27.2. The number of nitrogens with one attached hydrogen (secondary N) is 1. The van der Waals surface area contributed by atoms with Crippen molar-refractivity contribution >= 4 is 51.9 Å². The van der Waals surface area contributed by atoms with E-state index >= 15 is 0 Å². The zero-order valence-electron chi connectivity index (χ0n) is 16.8. The van der Waals surface area contributed by atoms with Gasteiger partial charge >= 0.3 is 0 Å². The highest BCUT2D eigenvalue weighted by atomic mass is 32.2. The van der Waals surface area contributed by atoms with E-state index in [1.54, 1.807) is 24.3 Å². The summed E-state index contributed by atoms with van der Waals surface area (Å²) in [5, 5.41) is 2.83. The van der Waals surface area contributed by atoms with Crippen LogP contribution in [0.1, 0.15) is 18.4 Å². The first-order chi connectivity index (χ1) is 15.6. The number of anilines is 1. The second-order valence-electron chi connectivity index (χ2n) is 7.17. The number of amides is 2. The molecule has 0 spiro atoms. The highest BCUT2D eigenvalue weighted by molar-refractivity contribution is 8.26. The van der Waals surface area contributed by atoms with Crippen LogP contribution in [0.3, 0.4) is 0 Å². The Morgan fingerprint density at radius 3 is 2.50 bits per heavy atom. The third kappa shape index (κ3) is 4.23. The van der Waals surface area contributed by atoms with Gasteiger partial charge in [0.25, 0.3) is 5.91 Å². The number of hydrogen-bond donors (Lipinski definition) is 1. The summed E-state index contributed by atoms with van der Waals surface area (Å²) in [5.41, 5.74) is 1.47. The monoisotopic (exact) mass is 470 g/mol. The fourth-order valence-electron chi connectivity index (χ4n) is 3.44. The molecular weight excluding hydrogens is 452 g/mol. The zero-order valence-corrected chi connectivity index (χ0v) is 18.4. The van der Waals surface area contributed by atoms with Crippen LogP contribution in [0.25, 0.3) is 6.08 Å². The van der Waals surface area contributed by atoms with Gasteiger partial charge < -0.3 is 24.3 Å². The molecule has 32 heavy (non-hydrogen) atoms. The van der Waals surface area contributed by atoms with Crippen molar-refractivity contribution in [3.05, 3.63) is 46.9 Å². The highest BCUT2D eigenvalue weighted by Crippen LogP contribution is 2.37. The van der Waals surface area contributed by atoms with Gasteiger partial charge in [-0.2, -0.15) is 0 Å². The average molecular weight is 471 g/mol. The van der Waals surface area contributed by atoms with Gasteiger partial charge in [-0.05, 0) is 42.3 Å². The molecule has 8 nitrogen and oxygen atoms in total. The van der Waals surface area contributed by atoms with Gasteiger partial charge in [-0.3, -0.25) is 14.5 Å². The van der Waals surface area contributed by atoms with Crippen molar-refractivity contribution < 1.29 is 28.5 Å². The number of benzene rings is 2. The van der Waals surface area contributed by atoms with Crippen LogP contribution in [-0.4, -0.2) is 41.2 Å². The van der Waals surface area contributed by atoms with Crippen LogP contribution >= 0.6 is 24.0 Å². The Bertz CT molecular complexity index is 1150. The molecule has 3 aliphatic rings. The van der Waals surface area contributed by atoms with Crippen LogP contribution in [0, 0.1) is 0 Å². The van der Waals surface area contributed by atoms with E-state index in [1.807, 2.05) is 18.2 Å². The summed E-state index contributed by atoms with van der Waals surface area (Å²) in [6.45, 7) is 0.750. The lowest BCUT2D eigenvalue weighted by Gasteiger charge is -2.14. The van der Waals surface area contributed by atoms with E-state index in [4.69, 9.17) is 31.2 Å². The Morgan fingerprint density at radius 2 is 1.72 bits per heavy atom. The first-order valence-corrected chi connectivity index (χ1v) is 11.1. The van der Waals surface area contributed by atoms with Gasteiger partial charge in [0.1, 0.15) is 4.32 Å². The molecule has 0 aromatic heterocycles. The first kappa shape index (κ1) is 20.7. The van der Waals surface area contributed by atoms with E-state index in [1.165, 1.54) is 16.7 Å². The van der Waals surface area contributed by atoms with Gasteiger partial charge in [0.05, 0.1) is 4.91 Å². The number of ether oxygens (including phenoxy) is 4. The van der Waals surface area contributed by atoms with E-state index in [-0.39, 0.29) is 31.8 Å². The molecule has 1 fully saturated rings. The van der Waals surface area contributed by atoms with Gasteiger partial charge in [-0.1, -0.05) is 30.0 Å². The lowest BCUT2D eigenvalue weighted by Crippen LogP contribution is -2.29. The van der Waals surface area contributed by atoms with Crippen LogP contribution in [0.5, 0.6) is 23.0 Å². The lowest BCUT2D eigenvalue weighted by atomic mass is 10.2. The maximum absolute atomic E-state index is 12.8. The highest BCUT2D eigenvalue weighted by Gasteiger charge is 2.31. The molecule has 0 atom stereocenters. The molecule has 2 amide bonds. The number of thioether (sulfide) groups is 1. The van der Waals surface area contributed by atoms with Crippen molar-refractivity contribution in [1.82, 2.24) is 4.90 Å². The number of hydrogen-bond acceptors (Lipinski definition) is 8. The van der Waals surface area contributed by atoms with E-state index in [9.17, 15) is 9.59 Å². The van der Waals surface area contributed by atoms with Gasteiger partial charge in [0, 0.05) is 24.7 Å². The molecule has 0 unspecified atom stereocenters. The lowest BCUT2D eigenvalue weighted by molar-refractivity contribution is -0.122. The predicted molar refractivity (Wildman–Crippen MR) is 123 cm³/mol. The largest absolute Gasteiger partial charge is 0.454 e.